The minimum Gasteiger partial charge on any atom is -0.308 e. The molecule has 2 rings (SSSR count). The number of hydrazine groups is 1. The van der Waals surface area contributed by atoms with Crippen LogP contribution in [0.25, 0.3) is 5.65 Å². The summed E-state index contributed by atoms with van der Waals surface area (Å²) in [5, 5.41) is 5.70. The first-order valence-electron chi connectivity index (χ1n) is 4.06. The van der Waals surface area contributed by atoms with Crippen molar-refractivity contribution in [1.29, 1.82) is 0 Å². The Balaban J connectivity index is 2.70. The van der Waals surface area contributed by atoms with Crippen LogP contribution in [0.15, 0.2) is 17.3 Å². The summed E-state index contributed by atoms with van der Waals surface area (Å²) in [7, 11) is 3.58. The topological polar surface area (TPSA) is 78.3 Å². The fraction of sp³-hybridized carbons (Fsp3) is 0.286. The summed E-state index contributed by atoms with van der Waals surface area (Å²) < 4.78 is 1.47. The third-order valence-electron chi connectivity index (χ3n) is 1.97. The van der Waals surface area contributed by atoms with E-state index in [1.807, 2.05) is 7.05 Å². The van der Waals surface area contributed by atoms with Crippen molar-refractivity contribution in [2.24, 2.45) is 0 Å². The molecule has 0 aromatic carbocycles. The first kappa shape index (κ1) is 8.70. The summed E-state index contributed by atoms with van der Waals surface area (Å²) in [6, 6.07) is 0. The van der Waals surface area contributed by atoms with Crippen molar-refractivity contribution in [3.8, 4) is 0 Å². The van der Waals surface area contributed by atoms with Gasteiger partial charge in [0.1, 0.15) is 6.33 Å². The Hall–Kier alpha value is -1.89. The van der Waals surface area contributed by atoms with Gasteiger partial charge in [-0.2, -0.15) is 9.61 Å². The Labute approximate surface area is 79.3 Å². The largest absolute Gasteiger partial charge is 0.308 e. The molecule has 2 heterocycles. The zero-order valence-corrected chi connectivity index (χ0v) is 7.85. The second-order valence-electron chi connectivity index (χ2n) is 2.75. The van der Waals surface area contributed by atoms with Crippen LogP contribution in [0.4, 0.5) is 5.82 Å². The Kier molecular flexibility index (Phi) is 1.93. The Morgan fingerprint density at radius 2 is 2.43 bits per heavy atom. The third kappa shape index (κ3) is 1.14. The van der Waals surface area contributed by atoms with Gasteiger partial charge in [0, 0.05) is 14.1 Å². The van der Waals surface area contributed by atoms with E-state index in [-0.39, 0.29) is 11.2 Å². The minimum atomic E-state index is -0.254. The van der Waals surface area contributed by atoms with Gasteiger partial charge in [-0.25, -0.2) is 10.4 Å². The first-order valence-corrected chi connectivity index (χ1v) is 4.06. The molecule has 7 heteroatoms. The van der Waals surface area contributed by atoms with Crippen LogP contribution >= 0.6 is 0 Å². The van der Waals surface area contributed by atoms with Gasteiger partial charge in [-0.3, -0.25) is 9.80 Å². The normalized spacial score (nSPS) is 10.7. The summed E-state index contributed by atoms with van der Waals surface area (Å²) in [4.78, 5) is 17.7. The van der Waals surface area contributed by atoms with Crippen LogP contribution in [0.3, 0.4) is 0 Å². The Morgan fingerprint density at radius 1 is 1.64 bits per heavy atom. The number of H-pyrrole nitrogens is 1. The van der Waals surface area contributed by atoms with Crippen molar-refractivity contribution in [1.82, 2.24) is 25.0 Å². The van der Waals surface area contributed by atoms with Crippen LogP contribution < -0.4 is 16.0 Å². The molecule has 0 saturated carbocycles. The molecule has 0 aliphatic heterocycles. The number of hydrogen-bond donors (Lipinski definition) is 2. The molecule has 2 N–H and O–H groups in total. The molecule has 0 aliphatic carbocycles. The number of nitrogens with zero attached hydrogens (tertiary/aromatic N) is 4. The summed E-state index contributed by atoms with van der Waals surface area (Å²) in [5.41, 5.74) is 2.93. The number of anilines is 1. The number of aromatic amines is 1. The van der Waals surface area contributed by atoms with Gasteiger partial charge >= 0.3 is 0 Å². The molecule has 0 amide bonds. The Morgan fingerprint density at radius 3 is 3.14 bits per heavy atom. The number of rotatable bonds is 2. The van der Waals surface area contributed by atoms with E-state index in [0.717, 1.165) is 0 Å². The molecular formula is C7H10N6O. The summed E-state index contributed by atoms with van der Waals surface area (Å²) in [6.45, 7) is 0. The highest BCUT2D eigenvalue weighted by Crippen LogP contribution is 2.08. The van der Waals surface area contributed by atoms with E-state index in [0.29, 0.717) is 5.82 Å². The fourth-order valence-corrected chi connectivity index (χ4v) is 1.16. The molecule has 0 unspecified atom stereocenters. The molecule has 2 aromatic heterocycles. The second-order valence-corrected chi connectivity index (χ2v) is 2.75. The summed E-state index contributed by atoms with van der Waals surface area (Å²) >= 11 is 0. The molecule has 0 saturated heterocycles. The van der Waals surface area contributed by atoms with Gasteiger partial charge in [-0.1, -0.05) is 0 Å². The van der Waals surface area contributed by atoms with Gasteiger partial charge in [0.15, 0.2) is 5.82 Å². The van der Waals surface area contributed by atoms with E-state index in [2.05, 4.69) is 20.5 Å². The molecule has 0 spiro atoms. The lowest BCUT2D eigenvalue weighted by Gasteiger charge is -2.14. The minimum absolute atomic E-state index is 0.254. The molecular weight excluding hydrogens is 184 g/mol. The van der Waals surface area contributed by atoms with Gasteiger partial charge in [0.05, 0.1) is 6.20 Å². The average Bonchev–Trinajstić information content (AvgIpc) is 2.62. The predicted molar refractivity (Wildman–Crippen MR) is 51.1 cm³/mol. The smallest absolute Gasteiger partial charge is 0.294 e. The van der Waals surface area contributed by atoms with Crippen molar-refractivity contribution in [3.63, 3.8) is 0 Å². The highest BCUT2D eigenvalue weighted by Gasteiger charge is 2.09. The van der Waals surface area contributed by atoms with E-state index in [9.17, 15) is 4.79 Å². The van der Waals surface area contributed by atoms with E-state index < -0.39 is 0 Å². The maximum Gasteiger partial charge on any atom is 0.294 e. The standard InChI is InChI=1S/C7H10N6O/c1-8-12(2)5-3-9-6-7(14)10-4-11-13(5)6/h3-4,8H,1-2H3,(H,10,11,14). The molecule has 0 fully saturated rings. The van der Waals surface area contributed by atoms with E-state index in [4.69, 9.17) is 0 Å². The lowest BCUT2D eigenvalue weighted by molar-refractivity contribution is 0.746. The molecule has 0 bridgehead atoms. The highest BCUT2D eigenvalue weighted by atomic mass is 16.1. The maximum atomic E-state index is 11.3. The number of aromatic nitrogens is 4. The van der Waals surface area contributed by atoms with Crippen LogP contribution in [0.2, 0.25) is 0 Å². The lowest BCUT2D eigenvalue weighted by atomic mass is 10.7. The predicted octanol–water partition coefficient (Wildman–Crippen LogP) is -1.01. The zero-order valence-electron chi connectivity index (χ0n) is 7.85. The highest BCUT2D eigenvalue weighted by molar-refractivity contribution is 5.47. The fourth-order valence-electron chi connectivity index (χ4n) is 1.16. The molecule has 74 valence electrons. The molecule has 2 aromatic rings. The van der Waals surface area contributed by atoms with Crippen LogP contribution in [0.5, 0.6) is 0 Å². The van der Waals surface area contributed by atoms with E-state index in [1.165, 1.54) is 10.8 Å². The average molecular weight is 194 g/mol. The van der Waals surface area contributed by atoms with Crippen molar-refractivity contribution < 1.29 is 0 Å². The van der Waals surface area contributed by atoms with Crippen molar-refractivity contribution in [3.05, 3.63) is 22.9 Å². The van der Waals surface area contributed by atoms with Gasteiger partial charge in [-0.05, 0) is 0 Å². The molecule has 14 heavy (non-hydrogen) atoms. The quantitative estimate of drug-likeness (QED) is 0.599. The zero-order chi connectivity index (χ0) is 10.1. The molecule has 0 aliphatic rings. The van der Waals surface area contributed by atoms with Crippen molar-refractivity contribution in [2.75, 3.05) is 19.1 Å². The monoisotopic (exact) mass is 194 g/mol. The number of hydrogen-bond acceptors (Lipinski definition) is 5. The van der Waals surface area contributed by atoms with Gasteiger partial charge < -0.3 is 4.98 Å². The molecule has 0 radical (unpaired) electrons. The molecule has 0 atom stereocenters. The van der Waals surface area contributed by atoms with Crippen LogP contribution in [-0.4, -0.2) is 33.7 Å². The van der Waals surface area contributed by atoms with E-state index in [1.54, 1.807) is 18.3 Å². The first-order chi connectivity index (χ1) is 6.74. The molecule has 7 nitrogen and oxygen atoms in total. The van der Waals surface area contributed by atoms with Gasteiger partial charge in [0.2, 0.25) is 5.65 Å². The van der Waals surface area contributed by atoms with Crippen molar-refractivity contribution in [2.45, 2.75) is 0 Å². The number of imidazole rings is 1. The number of fused-ring (bicyclic) bond motifs is 1. The lowest BCUT2D eigenvalue weighted by Crippen LogP contribution is -2.31. The maximum absolute atomic E-state index is 11.3. The van der Waals surface area contributed by atoms with Crippen LogP contribution in [-0.2, 0) is 0 Å². The Bertz CT molecular complexity index is 500. The van der Waals surface area contributed by atoms with Gasteiger partial charge in [0.25, 0.3) is 5.56 Å². The van der Waals surface area contributed by atoms with Crippen LogP contribution in [0, 0.1) is 0 Å². The summed E-state index contributed by atoms with van der Waals surface area (Å²) in [5.74, 6) is 0.702. The number of nitrogens with one attached hydrogen (secondary N) is 2. The van der Waals surface area contributed by atoms with Gasteiger partial charge in [-0.15, -0.1) is 0 Å². The summed E-state index contributed by atoms with van der Waals surface area (Å²) in [6.07, 6.45) is 2.91. The second kappa shape index (κ2) is 3.11. The van der Waals surface area contributed by atoms with E-state index >= 15 is 0 Å². The SMILES string of the molecule is CNN(C)c1cnc2c(=O)[nH]cnn12. The van der Waals surface area contributed by atoms with Crippen LogP contribution in [0.1, 0.15) is 0 Å². The third-order valence-corrected chi connectivity index (χ3v) is 1.97. The van der Waals surface area contributed by atoms with Crippen molar-refractivity contribution >= 4 is 11.5 Å².